The maximum atomic E-state index is 12.2. The molecular formula is C22H24ClNO5. The predicted octanol–water partition coefficient (Wildman–Crippen LogP) is 3.49. The Morgan fingerprint density at radius 3 is 2.38 bits per heavy atom. The molecule has 0 radical (unpaired) electrons. The number of aliphatic hydroxyl groups excluding tert-OH is 1. The Labute approximate surface area is 174 Å². The Hall–Kier alpha value is -2.70. The van der Waals surface area contributed by atoms with Gasteiger partial charge in [-0.3, -0.25) is 0 Å². The number of aliphatic hydroxyl groups is 1. The molecule has 0 saturated carbocycles. The van der Waals surface area contributed by atoms with Crippen molar-refractivity contribution in [2.24, 2.45) is 0 Å². The molecule has 0 saturated heterocycles. The molecule has 29 heavy (non-hydrogen) atoms. The predicted molar refractivity (Wildman–Crippen MR) is 114 cm³/mol. The lowest BCUT2D eigenvalue weighted by Crippen LogP contribution is -2.25. The van der Waals surface area contributed by atoms with Gasteiger partial charge < -0.3 is 24.7 Å². The largest absolute Gasteiger partial charge is 0.490 e. The average Bonchev–Trinajstić information content (AvgIpc) is 2.71. The highest BCUT2D eigenvalue weighted by Gasteiger charge is 2.21. The van der Waals surface area contributed by atoms with Crippen molar-refractivity contribution in [3.8, 4) is 11.5 Å². The van der Waals surface area contributed by atoms with E-state index in [1.807, 2.05) is 18.2 Å². The van der Waals surface area contributed by atoms with Crippen molar-refractivity contribution in [1.82, 2.24) is 0 Å². The normalized spacial score (nSPS) is 14.0. The number of halogens is 1. The van der Waals surface area contributed by atoms with Gasteiger partial charge in [-0.15, -0.1) is 12.4 Å². The molecule has 3 aromatic rings. The van der Waals surface area contributed by atoms with Gasteiger partial charge in [0.25, 0.3) is 0 Å². The third kappa shape index (κ3) is 4.49. The molecule has 1 unspecified atom stereocenters. The molecule has 7 heteroatoms. The molecule has 0 aliphatic heterocycles. The van der Waals surface area contributed by atoms with Crippen molar-refractivity contribution in [3.05, 3.63) is 64.0 Å². The fourth-order valence-electron chi connectivity index (χ4n) is 3.61. The average molecular weight is 418 g/mol. The van der Waals surface area contributed by atoms with Gasteiger partial charge in [0.2, 0.25) is 0 Å². The van der Waals surface area contributed by atoms with Crippen LogP contribution in [-0.2, 0) is 12.8 Å². The summed E-state index contributed by atoms with van der Waals surface area (Å²) in [6.45, 7) is 0.117. The van der Waals surface area contributed by atoms with Crippen LogP contribution in [0.4, 0.5) is 5.69 Å². The number of fused-ring (bicyclic) bond motifs is 3. The molecule has 0 amide bonds. The second-order valence-electron chi connectivity index (χ2n) is 7.00. The minimum atomic E-state index is -0.832. The lowest BCUT2D eigenvalue weighted by molar-refractivity contribution is 0.0634. The summed E-state index contributed by atoms with van der Waals surface area (Å²) in [6, 6.07) is 12.5. The highest BCUT2D eigenvalue weighted by Crippen LogP contribution is 2.33. The Bertz CT molecular complexity index is 1050. The van der Waals surface area contributed by atoms with Crippen molar-refractivity contribution in [3.63, 3.8) is 0 Å². The molecule has 6 nitrogen and oxygen atoms in total. The molecule has 1 aliphatic carbocycles. The van der Waals surface area contributed by atoms with E-state index in [9.17, 15) is 9.90 Å². The number of nitrogen functional groups attached to an aromatic ring is 1. The molecular weight excluding hydrogens is 394 g/mol. The molecule has 0 spiro atoms. The van der Waals surface area contributed by atoms with Crippen LogP contribution in [0.3, 0.4) is 0 Å². The molecule has 2 aromatic carbocycles. The monoisotopic (exact) mass is 417 g/mol. The number of anilines is 1. The van der Waals surface area contributed by atoms with Crippen LogP contribution in [0.25, 0.3) is 11.0 Å². The van der Waals surface area contributed by atoms with E-state index in [4.69, 9.17) is 19.6 Å². The van der Waals surface area contributed by atoms with Crippen molar-refractivity contribution < 1.29 is 19.0 Å². The third-order valence-electron chi connectivity index (χ3n) is 4.99. The molecule has 1 aromatic heterocycles. The Kier molecular flexibility index (Phi) is 6.67. The van der Waals surface area contributed by atoms with Crippen molar-refractivity contribution in [2.45, 2.75) is 31.8 Å². The summed E-state index contributed by atoms with van der Waals surface area (Å²) in [5, 5.41) is 11.1. The topological polar surface area (TPSA) is 94.9 Å². The van der Waals surface area contributed by atoms with Gasteiger partial charge in [0.05, 0.1) is 11.1 Å². The van der Waals surface area contributed by atoms with Crippen molar-refractivity contribution >= 4 is 29.1 Å². The van der Waals surface area contributed by atoms with Crippen LogP contribution in [-0.4, -0.2) is 24.4 Å². The van der Waals surface area contributed by atoms with Crippen LogP contribution in [0.2, 0.25) is 0 Å². The van der Waals surface area contributed by atoms with Gasteiger partial charge in [0.15, 0.2) is 0 Å². The van der Waals surface area contributed by atoms with Crippen LogP contribution in [0.15, 0.2) is 51.7 Å². The minimum Gasteiger partial charge on any atom is -0.490 e. The van der Waals surface area contributed by atoms with E-state index in [2.05, 4.69) is 0 Å². The molecule has 0 fully saturated rings. The number of rotatable bonds is 6. The van der Waals surface area contributed by atoms with Crippen LogP contribution < -0.4 is 20.8 Å². The van der Waals surface area contributed by atoms with Gasteiger partial charge >= 0.3 is 5.63 Å². The van der Waals surface area contributed by atoms with E-state index in [0.717, 1.165) is 42.2 Å². The number of ether oxygens (including phenoxy) is 2. The lowest BCUT2D eigenvalue weighted by atomic mass is 9.90. The molecule has 4 rings (SSSR count). The summed E-state index contributed by atoms with van der Waals surface area (Å²) >= 11 is 0. The number of benzene rings is 2. The molecule has 1 heterocycles. The fourth-order valence-corrected chi connectivity index (χ4v) is 3.61. The lowest BCUT2D eigenvalue weighted by Gasteiger charge is -2.19. The van der Waals surface area contributed by atoms with E-state index < -0.39 is 6.10 Å². The van der Waals surface area contributed by atoms with Crippen LogP contribution in [0.1, 0.15) is 24.0 Å². The van der Waals surface area contributed by atoms with Gasteiger partial charge in [-0.2, -0.15) is 0 Å². The number of nitrogens with two attached hydrogens (primary N) is 1. The van der Waals surface area contributed by atoms with Gasteiger partial charge in [0, 0.05) is 5.56 Å². The first kappa shape index (κ1) is 21.0. The van der Waals surface area contributed by atoms with Gasteiger partial charge in [0.1, 0.15) is 36.4 Å². The van der Waals surface area contributed by atoms with Crippen LogP contribution in [0.5, 0.6) is 11.5 Å². The maximum Gasteiger partial charge on any atom is 0.339 e. The maximum absolute atomic E-state index is 12.2. The first-order valence-electron chi connectivity index (χ1n) is 9.49. The number of hydrogen-bond acceptors (Lipinski definition) is 6. The fraction of sp³-hybridized carbons (Fsp3) is 0.318. The standard InChI is InChI=1S/C22H23NO5.ClH/c23-17-8-3-4-9-18(17)26-12-14(24)13-27-19-10-5-11-20-21(19)15-6-1-2-7-16(15)22(25)28-20;/h3-5,8-11,14,24H,1-2,6-7,12-13,23H2;1H. The van der Waals surface area contributed by atoms with Crippen LogP contribution in [0, 0.1) is 0 Å². The second kappa shape index (κ2) is 9.20. The third-order valence-corrected chi connectivity index (χ3v) is 4.99. The Balaban J connectivity index is 0.00000240. The zero-order valence-electron chi connectivity index (χ0n) is 15.9. The van der Waals surface area contributed by atoms with E-state index in [0.29, 0.717) is 22.8 Å². The highest BCUT2D eigenvalue weighted by molar-refractivity contribution is 5.88. The highest BCUT2D eigenvalue weighted by atomic mass is 35.5. The summed E-state index contributed by atoms with van der Waals surface area (Å²) < 4.78 is 16.9. The Morgan fingerprint density at radius 1 is 0.966 bits per heavy atom. The molecule has 3 N–H and O–H groups in total. The summed E-state index contributed by atoms with van der Waals surface area (Å²) in [4.78, 5) is 12.2. The van der Waals surface area contributed by atoms with Gasteiger partial charge in [-0.05, 0) is 55.5 Å². The molecule has 1 atom stereocenters. The van der Waals surface area contributed by atoms with E-state index in [1.54, 1.807) is 24.3 Å². The zero-order valence-corrected chi connectivity index (χ0v) is 16.7. The van der Waals surface area contributed by atoms with E-state index in [1.165, 1.54) is 0 Å². The smallest absolute Gasteiger partial charge is 0.339 e. The second-order valence-corrected chi connectivity index (χ2v) is 7.00. The van der Waals surface area contributed by atoms with Gasteiger partial charge in [-0.1, -0.05) is 18.2 Å². The molecule has 154 valence electrons. The quantitative estimate of drug-likeness (QED) is 0.471. The first-order chi connectivity index (χ1) is 13.6. The number of hydrogen-bond donors (Lipinski definition) is 2. The molecule has 0 bridgehead atoms. The number of aryl methyl sites for hydroxylation is 1. The van der Waals surface area contributed by atoms with Crippen molar-refractivity contribution in [2.75, 3.05) is 18.9 Å². The summed E-state index contributed by atoms with van der Waals surface area (Å²) in [5.74, 6) is 1.14. The molecule has 1 aliphatic rings. The summed E-state index contributed by atoms with van der Waals surface area (Å²) in [6.07, 6.45) is 2.76. The SMILES string of the molecule is Cl.Nc1ccccc1OCC(O)COc1cccc2oc(=O)c3c(c12)CCCC3. The Morgan fingerprint density at radius 2 is 1.62 bits per heavy atom. The first-order valence-corrected chi connectivity index (χ1v) is 9.49. The van der Waals surface area contributed by atoms with E-state index >= 15 is 0 Å². The summed E-state index contributed by atoms with van der Waals surface area (Å²) in [5.41, 5.74) is 8.38. The van der Waals surface area contributed by atoms with Crippen molar-refractivity contribution in [1.29, 1.82) is 0 Å². The van der Waals surface area contributed by atoms with Gasteiger partial charge in [-0.25, -0.2) is 4.79 Å². The van der Waals surface area contributed by atoms with Crippen LogP contribution >= 0.6 is 12.4 Å². The van der Waals surface area contributed by atoms with E-state index in [-0.39, 0.29) is 31.2 Å². The zero-order chi connectivity index (χ0) is 19.5. The minimum absolute atomic E-state index is 0. The summed E-state index contributed by atoms with van der Waals surface area (Å²) in [7, 11) is 0. The number of para-hydroxylation sites is 2.